The van der Waals surface area contributed by atoms with Gasteiger partial charge >= 0.3 is 0 Å². The van der Waals surface area contributed by atoms with E-state index in [4.69, 9.17) is 9.84 Å². The summed E-state index contributed by atoms with van der Waals surface area (Å²) in [4.78, 5) is 11.1. The van der Waals surface area contributed by atoms with E-state index in [2.05, 4.69) is 0 Å². The lowest BCUT2D eigenvalue weighted by Gasteiger charge is -2.18. The van der Waals surface area contributed by atoms with Crippen molar-refractivity contribution in [3.8, 4) is 0 Å². The molecular weight excluding hydrogens is 220 g/mol. The molecule has 0 aromatic heterocycles. The average molecular weight is 238 g/mol. The van der Waals surface area contributed by atoms with Crippen LogP contribution in [0, 0.1) is 0 Å². The van der Waals surface area contributed by atoms with Gasteiger partial charge in [-0.15, -0.1) is 0 Å². The van der Waals surface area contributed by atoms with Crippen LogP contribution in [0.1, 0.15) is 25.0 Å². The molecule has 17 heavy (non-hydrogen) atoms. The molecule has 0 fully saturated rings. The Kier molecular flexibility index (Phi) is 5.83. The van der Waals surface area contributed by atoms with Gasteiger partial charge in [-0.25, -0.2) is 0 Å². The smallest absolute Gasteiger partial charge is 0.132 e. The number of carbonyl (C=O) groups is 1. The maximum atomic E-state index is 11.1. The first-order valence-corrected chi connectivity index (χ1v) is 5.58. The standard InChI is InChI=1S/C13H18O4/c1-10(15)7-13(17-9-12(16)8-14)11-5-3-2-4-6-11/h2-6,12-14,16H,7-9H2,1H3. The number of aliphatic hydroxyl groups is 2. The predicted octanol–water partition coefficient (Wildman–Crippen LogP) is 1.08. The van der Waals surface area contributed by atoms with Crippen LogP contribution in [0.15, 0.2) is 30.3 Å². The molecule has 0 saturated heterocycles. The maximum absolute atomic E-state index is 11.1. The van der Waals surface area contributed by atoms with Crippen LogP contribution in [-0.2, 0) is 9.53 Å². The third-order valence-electron chi connectivity index (χ3n) is 2.34. The van der Waals surface area contributed by atoms with Gasteiger partial charge in [0.05, 0.1) is 19.3 Å². The summed E-state index contributed by atoms with van der Waals surface area (Å²) in [6.07, 6.45) is -1.01. The molecule has 1 aromatic rings. The summed E-state index contributed by atoms with van der Waals surface area (Å²) in [5.74, 6) is 0.0253. The number of aliphatic hydroxyl groups excluding tert-OH is 2. The van der Waals surface area contributed by atoms with Crippen LogP contribution in [-0.4, -0.2) is 35.3 Å². The summed E-state index contributed by atoms with van der Waals surface area (Å²) in [6, 6.07) is 9.37. The molecular formula is C13H18O4. The Morgan fingerprint density at radius 3 is 2.53 bits per heavy atom. The van der Waals surface area contributed by atoms with E-state index in [9.17, 15) is 9.90 Å². The summed E-state index contributed by atoms with van der Waals surface area (Å²) >= 11 is 0. The summed E-state index contributed by atoms with van der Waals surface area (Å²) in [6.45, 7) is 1.17. The normalized spacial score (nSPS) is 14.3. The lowest BCUT2D eigenvalue weighted by atomic mass is 10.0. The number of benzene rings is 1. The van der Waals surface area contributed by atoms with Gasteiger partial charge in [-0.05, 0) is 12.5 Å². The Morgan fingerprint density at radius 1 is 1.35 bits per heavy atom. The highest BCUT2D eigenvalue weighted by atomic mass is 16.5. The van der Waals surface area contributed by atoms with Crippen LogP contribution in [0.25, 0.3) is 0 Å². The Hall–Kier alpha value is -1.23. The molecule has 0 aliphatic rings. The van der Waals surface area contributed by atoms with Crippen molar-refractivity contribution in [1.29, 1.82) is 0 Å². The number of hydrogen-bond donors (Lipinski definition) is 2. The van der Waals surface area contributed by atoms with Gasteiger partial charge in [0.2, 0.25) is 0 Å². The van der Waals surface area contributed by atoms with Gasteiger partial charge in [0.15, 0.2) is 0 Å². The molecule has 0 amide bonds. The van der Waals surface area contributed by atoms with E-state index in [0.29, 0.717) is 0 Å². The molecule has 2 atom stereocenters. The van der Waals surface area contributed by atoms with E-state index in [1.165, 1.54) is 6.92 Å². The van der Waals surface area contributed by atoms with Gasteiger partial charge in [0.1, 0.15) is 11.9 Å². The third kappa shape index (κ3) is 5.08. The number of Topliss-reactive ketones (excluding diaryl/α,β-unsaturated/α-hetero) is 1. The molecule has 0 saturated carbocycles. The number of ether oxygens (including phenoxy) is 1. The minimum absolute atomic E-state index is 0.0172. The molecule has 2 unspecified atom stereocenters. The van der Waals surface area contributed by atoms with Crippen molar-refractivity contribution in [2.45, 2.75) is 25.6 Å². The molecule has 0 radical (unpaired) electrons. The van der Waals surface area contributed by atoms with Gasteiger partial charge in [0, 0.05) is 6.42 Å². The quantitative estimate of drug-likeness (QED) is 0.746. The molecule has 4 heteroatoms. The fourth-order valence-electron chi connectivity index (χ4n) is 1.48. The van der Waals surface area contributed by atoms with Crippen LogP contribution < -0.4 is 0 Å². The maximum Gasteiger partial charge on any atom is 0.132 e. The molecule has 1 aromatic carbocycles. The fraction of sp³-hybridized carbons (Fsp3) is 0.462. The van der Waals surface area contributed by atoms with Gasteiger partial charge in [-0.1, -0.05) is 30.3 Å². The number of rotatable bonds is 7. The summed E-state index contributed by atoms with van der Waals surface area (Å²) < 4.78 is 5.46. The number of carbonyl (C=O) groups excluding carboxylic acids is 1. The fourth-order valence-corrected chi connectivity index (χ4v) is 1.48. The largest absolute Gasteiger partial charge is 0.394 e. The summed E-state index contributed by atoms with van der Waals surface area (Å²) in [5, 5.41) is 17.9. The zero-order chi connectivity index (χ0) is 12.7. The molecule has 0 bridgehead atoms. The molecule has 0 spiro atoms. The second kappa shape index (κ2) is 7.17. The Morgan fingerprint density at radius 2 is 2.00 bits per heavy atom. The van der Waals surface area contributed by atoms with Crippen molar-refractivity contribution in [2.75, 3.05) is 13.2 Å². The Balaban J connectivity index is 2.64. The second-order valence-corrected chi connectivity index (χ2v) is 3.98. The van der Waals surface area contributed by atoms with Crippen molar-refractivity contribution < 1.29 is 19.7 Å². The highest BCUT2D eigenvalue weighted by Crippen LogP contribution is 2.21. The van der Waals surface area contributed by atoms with Crippen molar-refractivity contribution in [3.05, 3.63) is 35.9 Å². The Bertz CT molecular complexity index is 337. The first-order chi connectivity index (χ1) is 8.13. The third-order valence-corrected chi connectivity index (χ3v) is 2.34. The molecule has 4 nitrogen and oxygen atoms in total. The van der Waals surface area contributed by atoms with Crippen molar-refractivity contribution in [2.24, 2.45) is 0 Å². The second-order valence-electron chi connectivity index (χ2n) is 3.98. The van der Waals surface area contributed by atoms with E-state index in [1.54, 1.807) is 0 Å². The molecule has 2 N–H and O–H groups in total. The average Bonchev–Trinajstić information content (AvgIpc) is 2.34. The van der Waals surface area contributed by atoms with E-state index in [-0.39, 0.29) is 31.5 Å². The van der Waals surface area contributed by atoms with Crippen LogP contribution in [0.4, 0.5) is 0 Å². The lowest BCUT2D eigenvalue weighted by molar-refractivity contribution is -0.121. The molecule has 0 aliphatic heterocycles. The number of hydrogen-bond acceptors (Lipinski definition) is 4. The highest BCUT2D eigenvalue weighted by Gasteiger charge is 2.15. The van der Waals surface area contributed by atoms with Crippen molar-refractivity contribution in [3.63, 3.8) is 0 Å². The zero-order valence-corrected chi connectivity index (χ0v) is 9.87. The SMILES string of the molecule is CC(=O)CC(OCC(O)CO)c1ccccc1. The predicted molar refractivity (Wildman–Crippen MR) is 63.5 cm³/mol. The van der Waals surface area contributed by atoms with E-state index >= 15 is 0 Å². The van der Waals surface area contributed by atoms with Crippen molar-refractivity contribution in [1.82, 2.24) is 0 Å². The first-order valence-electron chi connectivity index (χ1n) is 5.58. The molecule has 94 valence electrons. The van der Waals surface area contributed by atoms with Gasteiger partial charge in [-0.3, -0.25) is 4.79 Å². The highest BCUT2D eigenvalue weighted by molar-refractivity contribution is 5.76. The van der Waals surface area contributed by atoms with E-state index in [1.807, 2.05) is 30.3 Å². The van der Waals surface area contributed by atoms with Crippen LogP contribution in [0.5, 0.6) is 0 Å². The van der Waals surface area contributed by atoms with Gasteiger partial charge in [0.25, 0.3) is 0 Å². The van der Waals surface area contributed by atoms with Crippen LogP contribution in [0.3, 0.4) is 0 Å². The lowest BCUT2D eigenvalue weighted by Crippen LogP contribution is -2.22. The minimum Gasteiger partial charge on any atom is -0.394 e. The van der Waals surface area contributed by atoms with E-state index < -0.39 is 6.10 Å². The van der Waals surface area contributed by atoms with Crippen LogP contribution >= 0.6 is 0 Å². The summed E-state index contributed by atoms with van der Waals surface area (Å²) in [7, 11) is 0. The molecule has 0 heterocycles. The van der Waals surface area contributed by atoms with Gasteiger partial charge in [-0.2, -0.15) is 0 Å². The minimum atomic E-state index is -0.909. The van der Waals surface area contributed by atoms with Crippen LogP contribution in [0.2, 0.25) is 0 Å². The Labute approximate surface area is 101 Å². The van der Waals surface area contributed by atoms with Gasteiger partial charge < -0.3 is 14.9 Å². The van der Waals surface area contributed by atoms with E-state index in [0.717, 1.165) is 5.56 Å². The molecule has 1 rings (SSSR count). The topological polar surface area (TPSA) is 66.8 Å². The van der Waals surface area contributed by atoms with Crippen molar-refractivity contribution >= 4 is 5.78 Å². The monoisotopic (exact) mass is 238 g/mol. The zero-order valence-electron chi connectivity index (χ0n) is 9.87. The molecule has 0 aliphatic carbocycles. The number of ketones is 1. The first kappa shape index (κ1) is 13.8. The summed E-state index contributed by atoms with van der Waals surface area (Å²) in [5.41, 5.74) is 0.896.